The minimum absolute atomic E-state index is 0.0747. The fourth-order valence-corrected chi connectivity index (χ4v) is 1.62. The van der Waals surface area contributed by atoms with E-state index in [-0.39, 0.29) is 5.41 Å². The van der Waals surface area contributed by atoms with Gasteiger partial charge in [0.05, 0.1) is 12.2 Å². The van der Waals surface area contributed by atoms with Gasteiger partial charge in [-0.2, -0.15) is 0 Å². The van der Waals surface area contributed by atoms with Crippen molar-refractivity contribution in [3.05, 3.63) is 29.8 Å². The van der Waals surface area contributed by atoms with Crippen LogP contribution in [0.4, 0.5) is 0 Å². The second-order valence-electron chi connectivity index (χ2n) is 6.16. The quantitative estimate of drug-likeness (QED) is 0.866. The number of para-hydroxylation sites is 1. The van der Waals surface area contributed by atoms with Gasteiger partial charge in [0.25, 0.3) is 0 Å². The summed E-state index contributed by atoms with van der Waals surface area (Å²) in [6.07, 6.45) is 0.630. The average molecular weight is 236 g/mol. The lowest BCUT2D eigenvalue weighted by Gasteiger charge is -2.23. The van der Waals surface area contributed by atoms with Gasteiger partial charge >= 0.3 is 0 Å². The largest absolute Gasteiger partial charge is 0.493 e. The van der Waals surface area contributed by atoms with E-state index in [1.807, 2.05) is 18.2 Å². The van der Waals surface area contributed by atoms with Crippen LogP contribution in [0.25, 0.3) is 0 Å². The topological polar surface area (TPSA) is 29.5 Å². The highest BCUT2D eigenvalue weighted by Gasteiger charge is 2.19. The smallest absolute Gasteiger partial charge is 0.123 e. The van der Waals surface area contributed by atoms with Gasteiger partial charge in [0.2, 0.25) is 0 Å². The molecule has 1 aromatic carbocycles. The van der Waals surface area contributed by atoms with E-state index in [4.69, 9.17) is 4.74 Å². The van der Waals surface area contributed by atoms with E-state index in [0.717, 1.165) is 5.75 Å². The van der Waals surface area contributed by atoms with E-state index in [9.17, 15) is 5.11 Å². The van der Waals surface area contributed by atoms with Crippen LogP contribution in [0.3, 0.4) is 0 Å². The Morgan fingerprint density at radius 1 is 1.06 bits per heavy atom. The second kappa shape index (κ2) is 5.09. The van der Waals surface area contributed by atoms with Crippen molar-refractivity contribution < 1.29 is 9.84 Å². The van der Waals surface area contributed by atoms with Crippen molar-refractivity contribution in [1.29, 1.82) is 0 Å². The van der Waals surface area contributed by atoms with Crippen LogP contribution in [0.1, 0.15) is 46.6 Å². The molecular weight excluding hydrogens is 212 g/mol. The molecule has 0 saturated carbocycles. The second-order valence-corrected chi connectivity index (χ2v) is 6.16. The molecule has 1 rings (SSSR count). The number of hydrogen-bond acceptors (Lipinski definition) is 2. The lowest BCUT2D eigenvalue weighted by Crippen LogP contribution is -2.22. The highest BCUT2D eigenvalue weighted by atomic mass is 16.5. The number of aliphatic hydroxyl groups is 1. The first kappa shape index (κ1) is 14.0. The summed E-state index contributed by atoms with van der Waals surface area (Å²) in [5, 5.41) is 9.64. The molecule has 0 unspecified atom stereocenters. The molecule has 2 nitrogen and oxygen atoms in total. The van der Waals surface area contributed by atoms with Gasteiger partial charge in [0.15, 0.2) is 0 Å². The highest BCUT2D eigenvalue weighted by Crippen LogP contribution is 2.31. The summed E-state index contributed by atoms with van der Waals surface area (Å²) in [5.41, 5.74) is 0.609. The van der Waals surface area contributed by atoms with Crippen LogP contribution < -0.4 is 4.74 Å². The molecule has 1 N–H and O–H groups in total. The Hall–Kier alpha value is -1.02. The van der Waals surface area contributed by atoms with Gasteiger partial charge in [-0.15, -0.1) is 0 Å². The van der Waals surface area contributed by atoms with Gasteiger partial charge in [-0.25, -0.2) is 0 Å². The predicted molar refractivity (Wildman–Crippen MR) is 71.6 cm³/mol. The molecular formula is C15H24O2. The minimum atomic E-state index is -0.670. The summed E-state index contributed by atoms with van der Waals surface area (Å²) in [4.78, 5) is 0. The first-order chi connectivity index (χ1) is 7.70. The van der Waals surface area contributed by atoms with E-state index in [1.165, 1.54) is 5.56 Å². The van der Waals surface area contributed by atoms with Gasteiger partial charge in [-0.1, -0.05) is 39.0 Å². The molecule has 0 aromatic heterocycles. The van der Waals surface area contributed by atoms with E-state index < -0.39 is 5.60 Å². The number of rotatable bonds is 4. The third kappa shape index (κ3) is 4.78. The van der Waals surface area contributed by atoms with Crippen molar-refractivity contribution in [3.8, 4) is 5.75 Å². The molecule has 2 heteroatoms. The molecule has 0 saturated heterocycles. The SMILES string of the molecule is CC(C)(O)CCOc1ccccc1C(C)(C)C. The molecule has 0 atom stereocenters. The highest BCUT2D eigenvalue weighted by molar-refractivity contribution is 5.38. The Morgan fingerprint density at radius 3 is 2.18 bits per heavy atom. The van der Waals surface area contributed by atoms with Crippen LogP contribution in [0, 0.1) is 0 Å². The van der Waals surface area contributed by atoms with E-state index in [1.54, 1.807) is 13.8 Å². The Morgan fingerprint density at radius 2 is 1.65 bits per heavy atom. The zero-order valence-electron chi connectivity index (χ0n) is 11.6. The van der Waals surface area contributed by atoms with Crippen molar-refractivity contribution in [3.63, 3.8) is 0 Å². The molecule has 17 heavy (non-hydrogen) atoms. The zero-order chi connectivity index (χ0) is 13.1. The third-order valence-corrected chi connectivity index (χ3v) is 2.67. The molecule has 0 aliphatic heterocycles. The molecule has 0 radical (unpaired) electrons. The maximum atomic E-state index is 9.64. The lowest BCUT2D eigenvalue weighted by atomic mass is 9.86. The zero-order valence-corrected chi connectivity index (χ0v) is 11.6. The first-order valence-corrected chi connectivity index (χ1v) is 6.15. The average Bonchev–Trinajstić information content (AvgIpc) is 2.15. The fraction of sp³-hybridized carbons (Fsp3) is 0.600. The van der Waals surface area contributed by atoms with Crippen molar-refractivity contribution in [1.82, 2.24) is 0 Å². The summed E-state index contributed by atoms with van der Waals surface area (Å²) < 4.78 is 5.78. The van der Waals surface area contributed by atoms with Gasteiger partial charge in [0.1, 0.15) is 5.75 Å². The number of hydrogen-bond donors (Lipinski definition) is 1. The maximum Gasteiger partial charge on any atom is 0.123 e. The Kier molecular flexibility index (Phi) is 4.21. The normalized spacial score (nSPS) is 12.6. The molecule has 0 spiro atoms. The molecule has 1 aromatic rings. The van der Waals surface area contributed by atoms with Crippen LogP contribution in [0.5, 0.6) is 5.75 Å². The van der Waals surface area contributed by atoms with Crippen molar-refractivity contribution in [2.45, 2.75) is 52.1 Å². The van der Waals surface area contributed by atoms with Crippen molar-refractivity contribution >= 4 is 0 Å². The molecule has 96 valence electrons. The van der Waals surface area contributed by atoms with Crippen LogP contribution in [0.2, 0.25) is 0 Å². The van der Waals surface area contributed by atoms with E-state index in [0.29, 0.717) is 13.0 Å². The van der Waals surface area contributed by atoms with Crippen molar-refractivity contribution in [2.24, 2.45) is 0 Å². The minimum Gasteiger partial charge on any atom is -0.493 e. The lowest BCUT2D eigenvalue weighted by molar-refractivity contribution is 0.0551. The van der Waals surface area contributed by atoms with Crippen molar-refractivity contribution in [2.75, 3.05) is 6.61 Å². The standard InChI is InChI=1S/C15H24O2/c1-14(2,3)12-8-6-7-9-13(12)17-11-10-15(4,5)16/h6-9,16H,10-11H2,1-5H3. The predicted octanol–water partition coefficient (Wildman–Crippen LogP) is 3.52. The third-order valence-electron chi connectivity index (χ3n) is 2.67. The van der Waals surface area contributed by atoms with Crippen LogP contribution in [0.15, 0.2) is 24.3 Å². The Labute approximate surface area is 105 Å². The molecule has 0 bridgehead atoms. The molecule has 0 heterocycles. The van der Waals surface area contributed by atoms with Crippen LogP contribution >= 0.6 is 0 Å². The summed E-state index contributed by atoms with van der Waals surface area (Å²) in [5.74, 6) is 0.921. The maximum absolute atomic E-state index is 9.64. The van der Waals surface area contributed by atoms with Gasteiger partial charge in [-0.05, 0) is 30.9 Å². The summed E-state index contributed by atoms with van der Waals surface area (Å²) in [6.45, 7) is 10.6. The van der Waals surface area contributed by atoms with Gasteiger partial charge in [0, 0.05) is 6.42 Å². The summed E-state index contributed by atoms with van der Waals surface area (Å²) >= 11 is 0. The molecule has 0 aliphatic carbocycles. The van der Waals surface area contributed by atoms with Crippen LogP contribution in [-0.4, -0.2) is 17.3 Å². The monoisotopic (exact) mass is 236 g/mol. The van der Waals surface area contributed by atoms with Gasteiger partial charge < -0.3 is 9.84 Å². The number of benzene rings is 1. The van der Waals surface area contributed by atoms with Crippen LogP contribution in [-0.2, 0) is 5.41 Å². The van der Waals surface area contributed by atoms with E-state index >= 15 is 0 Å². The molecule has 0 aliphatic rings. The summed E-state index contributed by atoms with van der Waals surface area (Å²) in [6, 6.07) is 8.10. The first-order valence-electron chi connectivity index (χ1n) is 6.15. The molecule has 0 amide bonds. The Bertz CT molecular complexity index is 356. The molecule has 0 fully saturated rings. The Balaban J connectivity index is 2.72. The number of ether oxygens (including phenoxy) is 1. The van der Waals surface area contributed by atoms with Gasteiger partial charge in [-0.3, -0.25) is 0 Å². The fourth-order valence-electron chi connectivity index (χ4n) is 1.62. The summed E-state index contributed by atoms with van der Waals surface area (Å²) in [7, 11) is 0. The van der Waals surface area contributed by atoms with E-state index in [2.05, 4.69) is 26.8 Å².